The van der Waals surface area contributed by atoms with Crippen LogP contribution in [-0.2, 0) is 6.42 Å². The molecule has 0 aliphatic rings. The van der Waals surface area contributed by atoms with Gasteiger partial charge in [-0.25, -0.2) is 9.97 Å². The van der Waals surface area contributed by atoms with Gasteiger partial charge in [0, 0.05) is 18.2 Å². The zero-order valence-electron chi connectivity index (χ0n) is 10.0. The molecule has 0 radical (unpaired) electrons. The zero-order chi connectivity index (χ0) is 13.1. The van der Waals surface area contributed by atoms with Crippen LogP contribution in [0, 0.1) is 0 Å². The zero-order valence-corrected chi connectivity index (χ0v) is 10.8. The van der Waals surface area contributed by atoms with E-state index in [2.05, 4.69) is 32.3 Å². The predicted octanol–water partition coefficient (Wildman–Crippen LogP) is 3.11. The third kappa shape index (κ3) is 2.80. The Morgan fingerprint density at radius 1 is 1.11 bits per heavy atom. The molecule has 0 bridgehead atoms. The quantitative estimate of drug-likeness (QED) is 0.744. The summed E-state index contributed by atoms with van der Waals surface area (Å²) < 4.78 is 0. The molecule has 0 spiro atoms. The highest BCUT2D eigenvalue weighted by Gasteiger charge is 2.07. The number of hydrogen-bond donors (Lipinski definition) is 1. The van der Waals surface area contributed by atoms with Crippen LogP contribution in [0.3, 0.4) is 0 Å². The molecule has 94 valence electrons. The van der Waals surface area contributed by atoms with Crippen molar-refractivity contribution in [1.82, 2.24) is 20.2 Å². The standard InChI is InChI=1S/C14H11ClN4/c15-12-9-11(6-7-16-12)14-17-13(18-19-14)8-10-4-2-1-3-5-10/h1-7,9H,8H2,(H,17,18,19). The van der Waals surface area contributed by atoms with Crippen molar-refractivity contribution in [2.45, 2.75) is 6.42 Å². The third-order valence-corrected chi connectivity index (χ3v) is 2.94. The summed E-state index contributed by atoms with van der Waals surface area (Å²) in [5.41, 5.74) is 2.05. The van der Waals surface area contributed by atoms with E-state index >= 15 is 0 Å². The van der Waals surface area contributed by atoms with Crippen molar-refractivity contribution in [3.05, 3.63) is 65.2 Å². The van der Waals surface area contributed by atoms with Crippen LogP contribution in [0.2, 0.25) is 5.15 Å². The number of aromatic amines is 1. The maximum absolute atomic E-state index is 5.85. The van der Waals surface area contributed by atoms with Gasteiger partial charge in [0.05, 0.1) is 0 Å². The van der Waals surface area contributed by atoms with Crippen molar-refractivity contribution >= 4 is 11.6 Å². The molecule has 1 aromatic carbocycles. The molecule has 2 aromatic heterocycles. The van der Waals surface area contributed by atoms with E-state index < -0.39 is 0 Å². The molecule has 0 unspecified atom stereocenters. The molecule has 2 heterocycles. The summed E-state index contributed by atoms with van der Waals surface area (Å²) in [7, 11) is 0. The molecular weight excluding hydrogens is 260 g/mol. The summed E-state index contributed by atoms with van der Waals surface area (Å²) in [5, 5.41) is 7.59. The number of nitrogens with zero attached hydrogens (tertiary/aromatic N) is 3. The Labute approximate surface area is 115 Å². The van der Waals surface area contributed by atoms with Crippen LogP contribution in [0.5, 0.6) is 0 Å². The molecule has 3 aromatic rings. The molecule has 0 fully saturated rings. The van der Waals surface area contributed by atoms with Crippen LogP contribution in [-0.4, -0.2) is 20.2 Å². The normalized spacial score (nSPS) is 10.6. The predicted molar refractivity (Wildman–Crippen MR) is 73.9 cm³/mol. The number of H-pyrrole nitrogens is 1. The van der Waals surface area contributed by atoms with E-state index in [0.717, 1.165) is 17.8 Å². The van der Waals surface area contributed by atoms with Gasteiger partial charge >= 0.3 is 0 Å². The number of halogens is 1. The number of benzene rings is 1. The van der Waals surface area contributed by atoms with Gasteiger partial charge in [-0.1, -0.05) is 41.9 Å². The van der Waals surface area contributed by atoms with Crippen LogP contribution in [0.4, 0.5) is 0 Å². The van der Waals surface area contributed by atoms with Crippen molar-refractivity contribution in [2.75, 3.05) is 0 Å². The minimum atomic E-state index is 0.437. The lowest BCUT2D eigenvalue weighted by molar-refractivity contribution is 0.973. The average molecular weight is 271 g/mol. The Bertz CT molecular complexity index is 679. The van der Waals surface area contributed by atoms with Gasteiger partial charge in [-0.05, 0) is 17.7 Å². The number of aromatic nitrogens is 4. The first-order chi connectivity index (χ1) is 9.31. The minimum Gasteiger partial charge on any atom is -0.262 e. The molecule has 19 heavy (non-hydrogen) atoms. The fourth-order valence-corrected chi connectivity index (χ4v) is 2.01. The Balaban J connectivity index is 1.84. The van der Waals surface area contributed by atoms with Gasteiger partial charge in [-0.15, -0.1) is 0 Å². The third-order valence-electron chi connectivity index (χ3n) is 2.73. The largest absolute Gasteiger partial charge is 0.262 e. The average Bonchev–Trinajstić information content (AvgIpc) is 2.88. The molecular formula is C14H11ClN4. The van der Waals surface area contributed by atoms with Gasteiger partial charge < -0.3 is 0 Å². The minimum absolute atomic E-state index is 0.437. The first-order valence-electron chi connectivity index (χ1n) is 5.88. The Hall–Kier alpha value is -2.20. The highest BCUT2D eigenvalue weighted by Crippen LogP contribution is 2.17. The Morgan fingerprint density at radius 3 is 2.74 bits per heavy atom. The van der Waals surface area contributed by atoms with Crippen LogP contribution in [0.15, 0.2) is 48.7 Å². The van der Waals surface area contributed by atoms with E-state index in [1.54, 1.807) is 12.3 Å². The topological polar surface area (TPSA) is 54.5 Å². The molecule has 0 saturated carbocycles. The van der Waals surface area contributed by atoms with Gasteiger partial charge in [0.15, 0.2) is 5.82 Å². The monoisotopic (exact) mass is 270 g/mol. The second-order valence-corrected chi connectivity index (χ2v) is 4.52. The summed E-state index contributed by atoms with van der Waals surface area (Å²) in [6, 6.07) is 13.7. The van der Waals surface area contributed by atoms with E-state index in [0.29, 0.717) is 11.0 Å². The molecule has 0 amide bonds. The van der Waals surface area contributed by atoms with Crippen molar-refractivity contribution in [2.24, 2.45) is 0 Å². The second-order valence-electron chi connectivity index (χ2n) is 4.14. The highest BCUT2D eigenvalue weighted by atomic mass is 35.5. The van der Waals surface area contributed by atoms with E-state index in [1.807, 2.05) is 24.3 Å². The lowest BCUT2D eigenvalue weighted by Gasteiger charge is -1.96. The Morgan fingerprint density at radius 2 is 1.95 bits per heavy atom. The second kappa shape index (κ2) is 5.20. The molecule has 5 heteroatoms. The maximum Gasteiger partial charge on any atom is 0.181 e. The molecule has 0 aliphatic carbocycles. The van der Waals surface area contributed by atoms with Crippen LogP contribution < -0.4 is 0 Å². The van der Waals surface area contributed by atoms with E-state index in [9.17, 15) is 0 Å². The van der Waals surface area contributed by atoms with E-state index in [-0.39, 0.29) is 0 Å². The maximum atomic E-state index is 5.85. The molecule has 1 N–H and O–H groups in total. The molecule has 3 rings (SSSR count). The fraction of sp³-hybridized carbons (Fsp3) is 0.0714. The summed E-state index contributed by atoms with van der Waals surface area (Å²) in [5.74, 6) is 1.46. The van der Waals surface area contributed by atoms with Crippen molar-refractivity contribution in [3.8, 4) is 11.4 Å². The number of rotatable bonds is 3. The van der Waals surface area contributed by atoms with Crippen molar-refractivity contribution in [1.29, 1.82) is 0 Å². The Kier molecular flexibility index (Phi) is 3.25. The summed E-state index contributed by atoms with van der Waals surface area (Å²) in [4.78, 5) is 8.40. The number of hydrogen-bond acceptors (Lipinski definition) is 3. The smallest absolute Gasteiger partial charge is 0.181 e. The van der Waals surface area contributed by atoms with Gasteiger partial charge in [0.2, 0.25) is 0 Å². The number of nitrogens with one attached hydrogen (secondary N) is 1. The van der Waals surface area contributed by atoms with Gasteiger partial charge in [-0.3, -0.25) is 5.10 Å². The lowest BCUT2D eigenvalue weighted by Crippen LogP contribution is -1.90. The first kappa shape index (κ1) is 11.9. The van der Waals surface area contributed by atoms with Crippen molar-refractivity contribution < 1.29 is 0 Å². The molecule has 0 atom stereocenters. The van der Waals surface area contributed by atoms with E-state index in [1.165, 1.54) is 5.56 Å². The highest BCUT2D eigenvalue weighted by molar-refractivity contribution is 6.29. The summed E-state index contributed by atoms with van der Waals surface area (Å²) >= 11 is 5.85. The van der Waals surface area contributed by atoms with Crippen molar-refractivity contribution in [3.63, 3.8) is 0 Å². The van der Waals surface area contributed by atoms with Crippen LogP contribution in [0.1, 0.15) is 11.4 Å². The first-order valence-corrected chi connectivity index (χ1v) is 6.26. The van der Waals surface area contributed by atoms with Gasteiger partial charge in [0.25, 0.3) is 0 Å². The number of pyridine rings is 1. The molecule has 4 nitrogen and oxygen atoms in total. The van der Waals surface area contributed by atoms with Gasteiger partial charge in [-0.2, -0.15) is 5.10 Å². The van der Waals surface area contributed by atoms with Crippen LogP contribution >= 0.6 is 11.6 Å². The fourth-order valence-electron chi connectivity index (χ4n) is 1.83. The SMILES string of the molecule is Clc1cc(-c2n[nH]c(Cc3ccccc3)n2)ccn1. The summed E-state index contributed by atoms with van der Waals surface area (Å²) in [6.07, 6.45) is 2.37. The van der Waals surface area contributed by atoms with E-state index in [4.69, 9.17) is 11.6 Å². The molecule has 0 saturated heterocycles. The van der Waals surface area contributed by atoms with Gasteiger partial charge in [0.1, 0.15) is 11.0 Å². The molecule has 0 aliphatic heterocycles. The summed E-state index contributed by atoms with van der Waals surface area (Å²) in [6.45, 7) is 0. The van der Waals surface area contributed by atoms with Crippen LogP contribution in [0.25, 0.3) is 11.4 Å². The lowest BCUT2D eigenvalue weighted by atomic mass is 10.1.